The molecule has 26 heavy (non-hydrogen) atoms. The fraction of sp³-hybridized carbons (Fsp3) is 0.917. The summed E-state index contributed by atoms with van der Waals surface area (Å²) in [6.45, 7) is -0.580. The van der Waals surface area contributed by atoms with Crippen LogP contribution in [0.3, 0.4) is 0 Å². The van der Waals surface area contributed by atoms with Crippen molar-refractivity contribution in [3.8, 4) is 0 Å². The predicted molar refractivity (Wildman–Crippen MR) is 99.4 cm³/mol. The second kappa shape index (κ2) is 13.7. The van der Waals surface area contributed by atoms with E-state index in [0.29, 0.717) is 6.42 Å². The molecule has 5 atom stereocenters. The molecule has 149 valence electrons. The second-order valence-corrected chi connectivity index (χ2v) is 8.41. The van der Waals surface area contributed by atoms with Crippen LogP contribution in [0, 0.1) is 0 Å². The second-order valence-electron chi connectivity index (χ2n) is 5.25. The summed E-state index contributed by atoms with van der Waals surface area (Å²) >= 11 is 2.43. The number of nitrogens with zero attached hydrogens (tertiary/aromatic N) is 1. The molecule has 1 rings (SSSR count). The Morgan fingerprint density at radius 1 is 1.19 bits per heavy atom. The first kappa shape index (κ1) is 27.5. The van der Waals surface area contributed by atoms with Crippen LogP contribution < -0.4 is 0 Å². The Balaban J connectivity index is 0.00000625. The molecule has 14 heteroatoms. The van der Waals surface area contributed by atoms with Gasteiger partial charge in [-0.05, 0) is 31.3 Å². The molecule has 5 N–H and O–H groups in total. The van der Waals surface area contributed by atoms with Gasteiger partial charge in [0.05, 0.1) is 6.61 Å². The number of aliphatic hydroxyl groups excluding tert-OH is 4. The molecule has 1 radical (unpaired) electrons. The number of hydrogen-bond donors (Lipinski definition) is 5. The molecule has 1 aliphatic heterocycles. The van der Waals surface area contributed by atoms with E-state index in [9.17, 15) is 28.8 Å². The maximum absolute atomic E-state index is 10.7. The number of hydrogen-bond acceptors (Lipinski definition) is 11. The molecule has 0 bridgehead atoms. The fourth-order valence-electron chi connectivity index (χ4n) is 2.04. The summed E-state index contributed by atoms with van der Waals surface area (Å²) in [7, 11) is -4.78. The largest absolute Gasteiger partial charge is 0.466 e. The van der Waals surface area contributed by atoms with Crippen molar-refractivity contribution in [2.45, 2.75) is 49.1 Å². The quantitative estimate of drug-likeness (QED) is 0.0700. The van der Waals surface area contributed by atoms with Gasteiger partial charge in [-0.15, -0.1) is 0 Å². The van der Waals surface area contributed by atoms with Crippen LogP contribution in [0.25, 0.3) is 0 Å². The third-order valence-corrected chi connectivity index (χ3v) is 5.46. The number of rotatable bonds is 9. The fourth-order valence-corrected chi connectivity index (χ4v) is 3.87. The molecule has 0 unspecified atom stereocenters. The minimum absolute atomic E-state index is 0. The molecule has 0 amide bonds. The van der Waals surface area contributed by atoms with Gasteiger partial charge in [-0.1, -0.05) is 16.9 Å². The Bertz CT molecular complexity index is 534. The van der Waals surface area contributed by atoms with Crippen LogP contribution in [0.4, 0.5) is 0 Å². The van der Waals surface area contributed by atoms with Crippen LogP contribution in [0.5, 0.6) is 0 Å². The summed E-state index contributed by atoms with van der Waals surface area (Å²) in [5, 5.41) is 42.2. The predicted octanol–water partition coefficient (Wildman–Crippen LogP) is -1.20. The van der Waals surface area contributed by atoms with Crippen molar-refractivity contribution >= 4 is 90.4 Å². The number of thioether (sulfide) groups is 2. The van der Waals surface area contributed by atoms with Crippen LogP contribution in [-0.2, 0) is 19.4 Å². The number of ether oxygens (including phenoxy) is 1. The van der Waals surface area contributed by atoms with E-state index in [1.807, 2.05) is 6.26 Å². The summed E-state index contributed by atoms with van der Waals surface area (Å²) in [5.74, 6) is 0.886. The van der Waals surface area contributed by atoms with Crippen molar-refractivity contribution in [3.63, 3.8) is 0 Å². The molecule has 0 aliphatic carbocycles. The summed E-state index contributed by atoms with van der Waals surface area (Å²) in [6, 6.07) is 0. The average Bonchev–Trinajstić information content (AvgIpc) is 2.55. The minimum Gasteiger partial charge on any atom is -0.394 e. The Morgan fingerprint density at radius 2 is 1.85 bits per heavy atom. The van der Waals surface area contributed by atoms with E-state index in [0.717, 1.165) is 23.9 Å². The zero-order valence-electron chi connectivity index (χ0n) is 14.5. The first-order valence-electron chi connectivity index (χ1n) is 7.38. The van der Waals surface area contributed by atoms with E-state index in [1.165, 1.54) is 0 Å². The molecule has 1 fully saturated rings. The van der Waals surface area contributed by atoms with Crippen LogP contribution in [0.15, 0.2) is 5.16 Å². The molecule has 1 heterocycles. The summed E-state index contributed by atoms with van der Waals surface area (Å²) < 4.78 is 39.4. The Morgan fingerprint density at radius 3 is 2.38 bits per heavy atom. The van der Waals surface area contributed by atoms with Gasteiger partial charge >= 0.3 is 10.4 Å². The molecular formula is C12H23KNO9S3. The van der Waals surface area contributed by atoms with Gasteiger partial charge < -0.3 is 25.2 Å². The van der Waals surface area contributed by atoms with Gasteiger partial charge in [0.1, 0.15) is 34.9 Å². The van der Waals surface area contributed by atoms with Crippen LogP contribution >= 0.6 is 23.5 Å². The van der Waals surface area contributed by atoms with Gasteiger partial charge in [-0.25, -0.2) is 4.28 Å². The number of oxime groups is 1. The zero-order chi connectivity index (χ0) is 19.0. The van der Waals surface area contributed by atoms with Gasteiger partial charge in [0.25, 0.3) is 0 Å². The van der Waals surface area contributed by atoms with Gasteiger partial charge in [0, 0.05) is 51.4 Å². The third kappa shape index (κ3) is 9.82. The van der Waals surface area contributed by atoms with E-state index in [1.54, 1.807) is 11.8 Å². The normalized spacial score (nSPS) is 29.9. The molecule has 0 saturated carbocycles. The Labute approximate surface area is 203 Å². The van der Waals surface area contributed by atoms with Gasteiger partial charge in [-0.3, -0.25) is 4.55 Å². The van der Waals surface area contributed by atoms with Crippen LogP contribution in [0.1, 0.15) is 19.3 Å². The summed E-state index contributed by atoms with van der Waals surface area (Å²) in [6.07, 6.45) is -1.94. The minimum atomic E-state index is -4.78. The number of aliphatic hydroxyl groups is 4. The van der Waals surface area contributed by atoms with Gasteiger partial charge in [-0.2, -0.15) is 20.2 Å². The van der Waals surface area contributed by atoms with E-state index in [-0.39, 0.29) is 62.8 Å². The maximum atomic E-state index is 10.7. The topological polar surface area (TPSA) is 166 Å². The first-order valence-corrected chi connectivity index (χ1v) is 11.0. The van der Waals surface area contributed by atoms with Crippen LogP contribution in [-0.4, -0.2) is 138 Å². The number of unbranched alkanes of at least 4 members (excludes halogenated alkanes) is 1. The molecule has 10 nitrogen and oxygen atoms in total. The zero-order valence-corrected chi connectivity index (χ0v) is 20.0. The molecule has 0 spiro atoms. The monoisotopic (exact) mass is 460 g/mol. The molecule has 1 aliphatic rings. The van der Waals surface area contributed by atoms with E-state index >= 15 is 0 Å². The average molecular weight is 461 g/mol. The van der Waals surface area contributed by atoms with Crippen LogP contribution in [0.2, 0.25) is 0 Å². The van der Waals surface area contributed by atoms with E-state index < -0.39 is 46.9 Å². The van der Waals surface area contributed by atoms with Gasteiger partial charge in [0.2, 0.25) is 0 Å². The van der Waals surface area contributed by atoms with E-state index in [2.05, 4.69) is 9.44 Å². The smallest absolute Gasteiger partial charge is 0.394 e. The molecule has 0 aromatic heterocycles. The Hall–Kier alpha value is 1.52. The molecule has 0 aromatic rings. The van der Waals surface area contributed by atoms with Crippen molar-refractivity contribution in [2.75, 3.05) is 18.6 Å². The SMILES string of the molecule is CSCCCC/C(=N/OS(=O)(=O)O)S[C@@H]1O[C@H](CO)[C@@H](O)[C@H](O)[C@H]1O.[K]. The van der Waals surface area contributed by atoms with Gasteiger partial charge in [0.15, 0.2) is 0 Å². The third-order valence-electron chi connectivity index (χ3n) is 3.32. The molecule has 0 aromatic carbocycles. The summed E-state index contributed by atoms with van der Waals surface area (Å²) in [5.41, 5.74) is -1.11. The van der Waals surface area contributed by atoms with Crippen molar-refractivity contribution < 1.29 is 42.4 Å². The Kier molecular flexibility index (Phi) is 14.5. The molecule has 1 saturated heterocycles. The van der Waals surface area contributed by atoms with E-state index in [4.69, 9.17) is 9.29 Å². The van der Waals surface area contributed by atoms with Crippen molar-refractivity contribution in [2.24, 2.45) is 5.16 Å². The summed E-state index contributed by atoms with van der Waals surface area (Å²) in [4.78, 5) is 0. The molecular weight excluding hydrogens is 437 g/mol. The van der Waals surface area contributed by atoms with Crippen molar-refractivity contribution in [3.05, 3.63) is 0 Å². The first-order chi connectivity index (χ1) is 11.7. The standard InChI is InChI=1S/C12H23NO9S3.K/c1-23-5-3-2-4-8(13-22-25(18,19)20)24-12-11(17)10(16)9(15)7(6-14)21-12;/h7,9-12,14-17H,2-6H2,1H3,(H,18,19,20);/b13-8-;/t7-,9-,10+,11-,12+;/m1./s1. The van der Waals surface area contributed by atoms with Crippen molar-refractivity contribution in [1.82, 2.24) is 0 Å². The van der Waals surface area contributed by atoms with Crippen molar-refractivity contribution in [1.29, 1.82) is 0 Å². The maximum Gasteiger partial charge on any atom is 0.466 e.